The number of carbonyl (C=O) groups is 1. The van der Waals surface area contributed by atoms with Crippen molar-refractivity contribution in [2.24, 2.45) is 0 Å². The maximum Gasteiger partial charge on any atom is 0.408 e. The predicted octanol–water partition coefficient (Wildman–Crippen LogP) is 8.19. The average Bonchev–Trinajstić information content (AvgIpc) is 3.81. The number of alkyl halides is 3. The van der Waals surface area contributed by atoms with Crippen LogP contribution in [0, 0.1) is 5.82 Å². The molecule has 1 atom stereocenters. The molecule has 0 saturated carbocycles. The first-order valence-corrected chi connectivity index (χ1v) is 19.8. The molecule has 1 aliphatic heterocycles. The second-order valence-corrected chi connectivity index (χ2v) is 15.4. The first kappa shape index (κ1) is 41.1. The molecule has 306 valence electrons. The van der Waals surface area contributed by atoms with Crippen LogP contribution in [0.3, 0.4) is 0 Å². The Morgan fingerprint density at radius 2 is 1.84 bits per heavy atom. The Bertz CT molecular complexity index is 2340. The highest BCUT2D eigenvalue weighted by Crippen LogP contribution is 2.46. The fraction of sp³-hybridized carbons (Fsp3) is 0.366. The highest BCUT2D eigenvalue weighted by Gasteiger charge is 2.31. The third kappa shape index (κ3) is 9.63. The van der Waals surface area contributed by atoms with Crippen LogP contribution in [-0.4, -0.2) is 98.7 Å². The van der Waals surface area contributed by atoms with Gasteiger partial charge in [-0.05, 0) is 72.9 Å². The Hall–Kier alpha value is -5.03. The zero-order chi connectivity index (χ0) is 41.0. The van der Waals surface area contributed by atoms with Crippen LogP contribution in [0.2, 0.25) is 0 Å². The van der Waals surface area contributed by atoms with Gasteiger partial charge < -0.3 is 24.2 Å². The summed E-state index contributed by atoms with van der Waals surface area (Å²) in [5.41, 5.74) is 3.74. The molecule has 58 heavy (non-hydrogen) atoms. The maximum absolute atomic E-state index is 14.7. The zero-order valence-corrected chi connectivity index (χ0v) is 33.3. The van der Waals surface area contributed by atoms with Crippen molar-refractivity contribution in [1.82, 2.24) is 28.9 Å². The number of aliphatic carboxylic acids is 1. The number of carboxylic acids is 1. The first-order valence-electron chi connectivity index (χ1n) is 18.7. The van der Waals surface area contributed by atoms with E-state index in [2.05, 4.69) is 26.3 Å². The third-order valence-electron chi connectivity index (χ3n) is 10.2. The van der Waals surface area contributed by atoms with Crippen molar-refractivity contribution in [2.45, 2.75) is 51.6 Å². The number of ether oxygens (including phenoxy) is 3. The zero-order valence-electron chi connectivity index (χ0n) is 31.8. The molecule has 1 aliphatic carbocycles. The summed E-state index contributed by atoms with van der Waals surface area (Å²) in [7, 11) is 2.11. The van der Waals surface area contributed by atoms with E-state index < -0.39 is 30.6 Å². The number of pyridine rings is 1. The van der Waals surface area contributed by atoms with Crippen LogP contribution >= 0.6 is 23.1 Å². The van der Waals surface area contributed by atoms with E-state index in [-0.39, 0.29) is 30.4 Å². The second-order valence-electron chi connectivity index (χ2n) is 14.2. The van der Waals surface area contributed by atoms with Crippen molar-refractivity contribution in [3.05, 3.63) is 106 Å². The summed E-state index contributed by atoms with van der Waals surface area (Å²) in [6.07, 6.45) is -2.26. The van der Waals surface area contributed by atoms with Gasteiger partial charge in [0.2, 0.25) is 12.0 Å². The SMILES string of the molecule is CC1=C(c2c(-c3cccc(F)c3)ncc3snc(O[C@H](Cc4ccccc4OCc4ccnn4CC(F)(F)F)C(=O)O)c23)CCC(OCCN2CCN(C)CC2)=C1Cl. The van der Waals surface area contributed by atoms with Crippen LogP contribution in [0.25, 0.3) is 26.9 Å². The van der Waals surface area contributed by atoms with Crippen molar-refractivity contribution in [2.75, 3.05) is 46.4 Å². The van der Waals surface area contributed by atoms with Gasteiger partial charge in [-0.25, -0.2) is 9.18 Å². The molecule has 0 radical (unpaired) electrons. The first-order chi connectivity index (χ1) is 27.8. The fourth-order valence-electron chi connectivity index (χ4n) is 7.11. The van der Waals surface area contributed by atoms with E-state index in [0.717, 1.165) is 60.1 Å². The van der Waals surface area contributed by atoms with Crippen LogP contribution in [0.5, 0.6) is 11.6 Å². The molecule has 0 amide bonds. The molecule has 0 unspecified atom stereocenters. The monoisotopic (exact) mass is 840 g/mol. The number of carboxylic acid groups (broad SMARTS) is 1. The molecule has 0 bridgehead atoms. The number of hydrogen-bond acceptors (Lipinski definition) is 10. The normalized spacial score (nSPS) is 16.3. The quantitative estimate of drug-likeness (QED) is 0.104. The number of halogens is 5. The van der Waals surface area contributed by atoms with E-state index in [1.165, 1.54) is 24.4 Å². The van der Waals surface area contributed by atoms with Gasteiger partial charge >= 0.3 is 12.1 Å². The maximum atomic E-state index is 14.7. The summed E-state index contributed by atoms with van der Waals surface area (Å²) in [6.45, 7) is 5.59. The second kappa shape index (κ2) is 17.9. The minimum absolute atomic E-state index is 0.0477. The van der Waals surface area contributed by atoms with Crippen molar-refractivity contribution < 1.29 is 41.7 Å². The topological polar surface area (TPSA) is 115 Å². The van der Waals surface area contributed by atoms with Crippen molar-refractivity contribution in [3.8, 4) is 22.9 Å². The summed E-state index contributed by atoms with van der Waals surface area (Å²) in [6, 6.07) is 14.1. The highest BCUT2D eigenvalue weighted by molar-refractivity contribution is 7.13. The minimum atomic E-state index is -4.48. The number of allylic oxidation sites excluding steroid dienone is 4. The van der Waals surface area contributed by atoms with E-state index in [1.54, 1.807) is 42.6 Å². The van der Waals surface area contributed by atoms with Crippen LogP contribution in [0.4, 0.5) is 17.6 Å². The number of piperazine rings is 1. The number of benzene rings is 2. The molecule has 5 aromatic rings. The number of likely N-dealkylation sites (N-methyl/N-ethyl adjacent to an activating group) is 1. The van der Waals surface area contributed by atoms with Crippen molar-refractivity contribution in [3.63, 3.8) is 0 Å². The summed E-state index contributed by atoms with van der Waals surface area (Å²) in [5.74, 6) is -0.736. The summed E-state index contributed by atoms with van der Waals surface area (Å²) < 4.78 is 78.4. The predicted molar refractivity (Wildman–Crippen MR) is 212 cm³/mol. The summed E-state index contributed by atoms with van der Waals surface area (Å²) >= 11 is 8.12. The van der Waals surface area contributed by atoms with E-state index in [0.29, 0.717) is 62.7 Å². The van der Waals surface area contributed by atoms with Gasteiger partial charge in [0, 0.05) is 69.1 Å². The highest BCUT2D eigenvalue weighted by atomic mass is 35.5. The van der Waals surface area contributed by atoms with Gasteiger partial charge in [-0.2, -0.15) is 22.6 Å². The smallest absolute Gasteiger partial charge is 0.408 e. The van der Waals surface area contributed by atoms with Crippen LogP contribution < -0.4 is 9.47 Å². The lowest BCUT2D eigenvalue weighted by atomic mass is 9.87. The Morgan fingerprint density at radius 1 is 1.05 bits per heavy atom. The van der Waals surface area contributed by atoms with Crippen molar-refractivity contribution in [1.29, 1.82) is 0 Å². The third-order valence-corrected chi connectivity index (χ3v) is 11.5. The number of aromatic nitrogens is 4. The molecule has 7 rings (SSSR count). The molecule has 0 spiro atoms. The van der Waals surface area contributed by atoms with Gasteiger partial charge in [-0.15, -0.1) is 0 Å². The molecular weight excluding hydrogens is 800 g/mol. The molecular formula is C41H41ClF4N6O5S. The lowest BCUT2D eigenvalue weighted by Crippen LogP contribution is -2.45. The summed E-state index contributed by atoms with van der Waals surface area (Å²) in [4.78, 5) is 22.3. The fourth-order valence-corrected chi connectivity index (χ4v) is 8.07. The van der Waals surface area contributed by atoms with Crippen LogP contribution in [0.1, 0.15) is 36.6 Å². The van der Waals surface area contributed by atoms with Crippen LogP contribution in [0.15, 0.2) is 83.4 Å². The van der Waals surface area contributed by atoms with Gasteiger partial charge in [-0.1, -0.05) is 41.9 Å². The Kier molecular flexibility index (Phi) is 12.7. The largest absolute Gasteiger partial charge is 0.495 e. The Balaban J connectivity index is 1.19. The molecule has 11 nitrogen and oxygen atoms in total. The average molecular weight is 841 g/mol. The number of fused-ring (bicyclic) bond motifs is 1. The van der Waals surface area contributed by atoms with E-state index in [4.69, 9.17) is 30.8 Å². The number of nitrogens with zero attached hydrogens (tertiary/aromatic N) is 6. The van der Waals surface area contributed by atoms with E-state index in [1.807, 2.05) is 6.92 Å². The summed E-state index contributed by atoms with van der Waals surface area (Å²) in [5, 5.41) is 15.2. The van der Waals surface area contributed by atoms with Gasteiger partial charge in [0.1, 0.15) is 37.1 Å². The molecule has 1 fully saturated rings. The molecule has 17 heteroatoms. The molecule has 4 heterocycles. The number of hydrogen-bond donors (Lipinski definition) is 1. The lowest BCUT2D eigenvalue weighted by Gasteiger charge is -2.32. The lowest BCUT2D eigenvalue weighted by molar-refractivity contribution is -0.145. The van der Waals surface area contributed by atoms with E-state index in [9.17, 15) is 27.5 Å². The Labute approximate surface area is 341 Å². The number of rotatable bonds is 15. The molecule has 2 aliphatic rings. The van der Waals surface area contributed by atoms with Gasteiger partial charge in [0.15, 0.2) is 0 Å². The minimum Gasteiger partial charge on any atom is -0.495 e. The molecule has 3 aromatic heterocycles. The van der Waals surface area contributed by atoms with Crippen molar-refractivity contribution >= 4 is 44.8 Å². The van der Waals surface area contributed by atoms with Gasteiger partial charge in [-0.3, -0.25) is 14.6 Å². The van der Waals surface area contributed by atoms with Gasteiger partial charge in [0.25, 0.3) is 0 Å². The standard InChI is InChI=1S/C41H41ClF4N6O5S/c1-25-30(10-11-32(37(25)42)55-19-18-51-16-14-50(2)15-17-51)35-36-34(22-47-38(35)27-7-5-8-28(43)20-27)58-49-39(36)57-33(40(53)54)21-26-6-3-4-9-31(26)56-23-29-12-13-48-52(29)24-41(44,45)46/h3-9,12-13,20,22,33H,10-11,14-19,21,23-24H2,1-2H3,(H,53,54)/t33-/m1/s1. The molecule has 1 N–H and O–H groups in total. The van der Waals surface area contributed by atoms with E-state index >= 15 is 0 Å². The number of para-hydroxylation sites is 1. The molecule has 1 saturated heterocycles. The van der Waals surface area contributed by atoms with Gasteiger partial charge in [0.05, 0.1) is 26.5 Å². The van der Waals surface area contributed by atoms with Crippen LogP contribution in [-0.2, 0) is 29.1 Å². The molecule has 2 aromatic carbocycles. The Morgan fingerprint density at radius 3 is 2.60 bits per heavy atom.